The van der Waals surface area contributed by atoms with Gasteiger partial charge in [-0.2, -0.15) is 35.9 Å². The molecule has 2 aromatic carbocycles. The molecule has 0 atom stereocenters. The number of hydrogen-bond donors (Lipinski definition) is 0. The van der Waals surface area contributed by atoms with Crippen molar-refractivity contribution in [3.8, 4) is 6.07 Å². The van der Waals surface area contributed by atoms with Crippen LogP contribution in [0.3, 0.4) is 0 Å². The molecule has 0 saturated heterocycles. The lowest BCUT2D eigenvalue weighted by Gasteiger charge is -2.23. The third-order valence-corrected chi connectivity index (χ3v) is 5.70. The lowest BCUT2D eigenvalue weighted by Crippen LogP contribution is -2.32. The van der Waals surface area contributed by atoms with Crippen molar-refractivity contribution in [2.45, 2.75) is 30.2 Å². The molecule has 0 bridgehead atoms. The van der Waals surface area contributed by atoms with E-state index in [1.54, 1.807) is 36.4 Å². The van der Waals surface area contributed by atoms with Gasteiger partial charge in [-0.15, -0.1) is 0 Å². The highest BCUT2D eigenvalue weighted by Crippen LogP contribution is 2.38. The first kappa shape index (κ1) is 22.7. The molecule has 0 fully saturated rings. The Morgan fingerprint density at radius 2 is 1.41 bits per heavy atom. The lowest BCUT2D eigenvalue weighted by molar-refractivity contribution is -0.143. The fraction of sp³-hybridized carbons (Fsp3) is 0.278. The van der Waals surface area contributed by atoms with Gasteiger partial charge in [0.15, 0.2) is 0 Å². The van der Waals surface area contributed by atoms with E-state index < -0.39 is 44.9 Å². The van der Waals surface area contributed by atoms with Gasteiger partial charge in [-0.3, -0.25) is 0 Å². The minimum Gasteiger partial charge on any atom is -0.207 e. The third-order valence-electron chi connectivity index (χ3n) is 3.87. The smallest absolute Gasteiger partial charge is 0.207 e. The highest BCUT2D eigenvalue weighted by molar-refractivity contribution is 7.89. The second kappa shape index (κ2) is 8.42. The maximum absolute atomic E-state index is 13.1. The van der Waals surface area contributed by atoms with Crippen LogP contribution in [0.15, 0.2) is 53.4 Å². The molecule has 0 spiro atoms. The number of rotatable bonds is 6. The second-order valence-corrected chi connectivity index (χ2v) is 7.91. The maximum Gasteiger partial charge on any atom is 0.416 e. The van der Waals surface area contributed by atoms with E-state index in [1.165, 1.54) is 0 Å². The number of nitrogens with zero attached hydrogens (tertiary/aromatic N) is 2. The molecule has 0 unspecified atom stereocenters. The summed E-state index contributed by atoms with van der Waals surface area (Å²) in [4.78, 5) is -1.14. The Morgan fingerprint density at radius 3 is 1.86 bits per heavy atom. The Labute approximate surface area is 163 Å². The monoisotopic (exact) mass is 436 g/mol. The van der Waals surface area contributed by atoms with Gasteiger partial charge in [0.25, 0.3) is 0 Å². The molecular formula is C18H14F6N2O2S. The molecule has 0 aliphatic heterocycles. The molecule has 0 aliphatic rings. The van der Waals surface area contributed by atoms with Crippen LogP contribution in [0.2, 0.25) is 0 Å². The van der Waals surface area contributed by atoms with Crippen LogP contribution in [0.5, 0.6) is 0 Å². The molecule has 0 heterocycles. The van der Waals surface area contributed by atoms with Crippen LogP contribution < -0.4 is 0 Å². The largest absolute Gasteiger partial charge is 0.416 e. The van der Waals surface area contributed by atoms with Crippen molar-refractivity contribution >= 4 is 10.0 Å². The molecule has 0 N–H and O–H groups in total. The molecule has 0 radical (unpaired) electrons. The van der Waals surface area contributed by atoms with Crippen LogP contribution in [-0.4, -0.2) is 19.3 Å². The van der Waals surface area contributed by atoms with Crippen LogP contribution in [0.25, 0.3) is 0 Å². The molecule has 0 aromatic heterocycles. The second-order valence-electron chi connectivity index (χ2n) is 5.97. The van der Waals surface area contributed by atoms with Gasteiger partial charge in [-0.25, -0.2) is 8.42 Å². The number of benzene rings is 2. The van der Waals surface area contributed by atoms with Gasteiger partial charge in [0.1, 0.15) is 0 Å². The average Bonchev–Trinajstić information content (AvgIpc) is 2.64. The molecule has 11 heteroatoms. The minimum atomic E-state index is -5.18. The van der Waals surface area contributed by atoms with Gasteiger partial charge in [-0.1, -0.05) is 30.3 Å². The van der Waals surface area contributed by atoms with E-state index in [4.69, 9.17) is 5.26 Å². The van der Waals surface area contributed by atoms with Crippen molar-refractivity contribution in [3.05, 3.63) is 65.2 Å². The fourth-order valence-electron chi connectivity index (χ4n) is 2.47. The quantitative estimate of drug-likeness (QED) is 0.610. The van der Waals surface area contributed by atoms with Crippen molar-refractivity contribution < 1.29 is 34.8 Å². The first-order valence-electron chi connectivity index (χ1n) is 8.06. The zero-order chi connectivity index (χ0) is 21.9. The fourth-order valence-corrected chi connectivity index (χ4v) is 3.97. The number of halogens is 6. The van der Waals surface area contributed by atoms with E-state index in [0.29, 0.717) is 9.87 Å². The van der Waals surface area contributed by atoms with E-state index in [-0.39, 0.29) is 31.2 Å². The van der Waals surface area contributed by atoms with Crippen molar-refractivity contribution in [2.24, 2.45) is 0 Å². The van der Waals surface area contributed by atoms with Gasteiger partial charge in [-0.05, 0) is 23.8 Å². The standard InChI is InChI=1S/C18H14F6N2O2S/c19-17(20,21)14-9-15(18(22,23)24)11-16(10-14)29(27,28)26(8-4-7-25)12-13-5-2-1-3-6-13/h1-3,5-6,9-11H,4,8,12H2. The zero-order valence-corrected chi connectivity index (χ0v) is 15.4. The van der Waals surface area contributed by atoms with Crippen LogP contribution in [-0.2, 0) is 28.9 Å². The maximum atomic E-state index is 13.1. The van der Waals surface area contributed by atoms with Gasteiger partial charge >= 0.3 is 12.4 Å². The lowest BCUT2D eigenvalue weighted by atomic mass is 10.1. The van der Waals surface area contributed by atoms with Gasteiger partial charge in [0.2, 0.25) is 10.0 Å². The van der Waals surface area contributed by atoms with E-state index in [0.717, 1.165) is 0 Å². The van der Waals surface area contributed by atoms with E-state index >= 15 is 0 Å². The topological polar surface area (TPSA) is 61.2 Å². The summed E-state index contributed by atoms with van der Waals surface area (Å²) in [6.07, 6.45) is -10.7. The summed E-state index contributed by atoms with van der Waals surface area (Å²) >= 11 is 0. The minimum absolute atomic E-state index is 0.143. The SMILES string of the molecule is N#CCCN(Cc1ccccc1)S(=O)(=O)c1cc(C(F)(F)F)cc(C(F)(F)F)c1. The predicted molar refractivity (Wildman–Crippen MR) is 90.7 cm³/mol. The highest BCUT2D eigenvalue weighted by atomic mass is 32.2. The van der Waals surface area contributed by atoms with Gasteiger partial charge < -0.3 is 0 Å². The molecule has 2 rings (SSSR count). The average molecular weight is 436 g/mol. The van der Waals surface area contributed by atoms with Crippen LogP contribution in [0.1, 0.15) is 23.1 Å². The van der Waals surface area contributed by atoms with Crippen LogP contribution in [0.4, 0.5) is 26.3 Å². The van der Waals surface area contributed by atoms with Crippen molar-refractivity contribution in [1.29, 1.82) is 5.26 Å². The molecule has 0 aliphatic carbocycles. The number of nitriles is 1. The van der Waals surface area contributed by atoms with Crippen molar-refractivity contribution in [3.63, 3.8) is 0 Å². The number of alkyl halides is 6. The molecule has 0 saturated carbocycles. The van der Waals surface area contributed by atoms with Gasteiger partial charge in [0, 0.05) is 19.5 Å². The van der Waals surface area contributed by atoms with Crippen molar-refractivity contribution in [1.82, 2.24) is 4.31 Å². The zero-order valence-electron chi connectivity index (χ0n) is 14.6. The Morgan fingerprint density at radius 1 is 0.897 bits per heavy atom. The van der Waals surface area contributed by atoms with Crippen molar-refractivity contribution in [2.75, 3.05) is 6.54 Å². The Kier molecular flexibility index (Phi) is 6.60. The molecule has 4 nitrogen and oxygen atoms in total. The summed E-state index contributed by atoms with van der Waals surface area (Å²) in [7, 11) is -4.75. The summed E-state index contributed by atoms with van der Waals surface area (Å²) in [5, 5.41) is 8.75. The summed E-state index contributed by atoms with van der Waals surface area (Å²) in [5.74, 6) is 0. The third kappa shape index (κ3) is 5.71. The van der Waals surface area contributed by atoms with Crippen LogP contribution in [0, 0.1) is 11.3 Å². The first-order chi connectivity index (χ1) is 13.4. The van der Waals surface area contributed by atoms with E-state index in [1.807, 2.05) is 0 Å². The first-order valence-corrected chi connectivity index (χ1v) is 9.50. The molecule has 2 aromatic rings. The highest BCUT2D eigenvalue weighted by Gasteiger charge is 2.39. The summed E-state index contributed by atoms with van der Waals surface area (Å²) < 4.78 is 105. The summed E-state index contributed by atoms with van der Waals surface area (Å²) in [6.45, 7) is -0.715. The Balaban J connectivity index is 2.59. The van der Waals surface area contributed by atoms with E-state index in [2.05, 4.69) is 0 Å². The van der Waals surface area contributed by atoms with Crippen LogP contribution >= 0.6 is 0 Å². The summed E-state index contributed by atoms with van der Waals surface area (Å²) in [5.41, 5.74) is -3.01. The predicted octanol–water partition coefficient (Wildman–Crippen LogP) is 4.83. The molecule has 0 amide bonds. The molecular weight excluding hydrogens is 422 g/mol. The number of hydrogen-bond acceptors (Lipinski definition) is 3. The molecule has 29 heavy (non-hydrogen) atoms. The molecule has 156 valence electrons. The van der Waals surface area contributed by atoms with Gasteiger partial charge in [0.05, 0.1) is 22.1 Å². The number of sulfonamides is 1. The normalized spacial score (nSPS) is 12.8. The van der Waals surface area contributed by atoms with E-state index in [9.17, 15) is 34.8 Å². The Bertz CT molecular complexity index is 963. The summed E-state index contributed by atoms with van der Waals surface area (Å²) in [6, 6.07) is 9.82. The Hall–Kier alpha value is -2.58.